The first-order valence-electron chi connectivity index (χ1n) is 5.10. The molecule has 0 aliphatic carbocycles. The van der Waals surface area contributed by atoms with Crippen LogP contribution in [0.25, 0.3) is 0 Å². The first kappa shape index (κ1) is 12.6. The number of methoxy groups -OCH3 is 1. The molecule has 2 atom stereocenters. The standard InChI is InChI=1S/C10H17BrN2O2/c1-5-7(11)10-12-9(13-15-10)8(14-4)6(2)3/h6-8H,5H2,1-4H3. The second-order valence-electron chi connectivity index (χ2n) is 3.77. The Balaban J connectivity index is 2.82. The van der Waals surface area contributed by atoms with E-state index in [9.17, 15) is 0 Å². The van der Waals surface area contributed by atoms with Gasteiger partial charge in [0.15, 0.2) is 0 Å². The number of hydrogen-bond donors (Lipinski definition) is 0. The van der Waals surface area contributed by atoms with Crippen molar-refractivity contribution in [1.29, 1.82) is 0 Å². The van der Waals surface area contributed by atoms with Gasteiger partial charge < -0.3 is 9.26 Å². The van der Waals surface area contributed by atoms with Crippen LogP contribution in [0.3, 0.4) is 0 Å². The Morgan fingerprint density at radius 2 is 2.13 bits per heavy atom. The van der Waals surface area contributed by atoms with E-state index in [1.54, 1.807) is 7.11 Å². The zero-order chi connectivity index (χ0) is 11.4. The summed E-state index contributed by atoms with van der Waals surface area (Å²) in [6, 6.07) is 0. The molecule has 0 saturated heterocycles. The van der Waals surface area contributed by atoms with Crippen LogP contribution in [-0.2, 0) is 4.74 Å². The van der Waals surface area contributed by atoms with Crippen molar-refractivity contribution in [3.8, 4) is 0 Å². The van der Waals surface area contributed by atoms with E-state index in [-0.39, 0.29) is 10.9 Å². The van der Waals surface area contributed by atoms with Crippen LogP contribution in [0.2, 0.25) is 0 Å². The molecular formula is C10H17BrN2O2. The monoisotopic (exact) mass is 276 g/mol. The van der Waals surface area contributed by atoms with Crippen LogP contribution in [-0.4, -0.2) is 17.3 Å². The average Bonchev–Trinajstić information content (AvgIpc) is 2.66. The van der Waals surface area contributed by atoms with Gasteiger partial charge in [0, 0.05) is 7.11 Å². The minimum absolute atomic E-state index is 0.0981. The molecule has 2 unspecified atom stereocenters. The third-order valence-corrected chi connectivity index (χ3v) is 3.24. The van der Waals surface area contributed by atoms with Crippen molar-refractivity contribution in [2.24, 2.45) is 5.92 Å². The maximum Gasteiger partial charge on any atom is 0.240 e. The highest BCUT2D eigenvalue weighted by Gasteiger charge is 2.23. The smallest absolute Gasteiger partial charge is 0.240 e. The summed E-state index contributed by atoms with van der Waals surface area (Å²) < 4.78 is 10.5. The molecule has 0 aromatic carbocycles. The Hall–Kier alpha value is -0.420. The van der Waals surface area contributed by atoms with Crippen LogP contribution in [0.5, 0.6) is 0 Å². The number of aromatic nitrogens is 2. The molecule has 0 fully saturated rings. The topological polar surface area (TPSA) is 48.2 Å². The zero-order valence-corrected chi connectivity index (χ0v) is 11.1. The Bertz CT molecular complexity index is 301. The van der Waals surface area contributed by atoms with E-state index in [1.165, 1.54) is 0 Å². The van der Waals surface area contributed by atoms with Crippen LogP contribution >= 0.6 is 15.9 Å². The molecule has 15 heavy (non-hydrogen) atoms. The van der Waals surface area contributed by atoms with Gasteiger partial charge in [-0.3, -0.25) is 0 Å². The summed E-state index contributed by atoms with van der Waals surface area (Å²) in [6.07, 6.45) is 0.820. The lowest BCUT2D eigenvalue weighted by Gasteiger charge is -2.14. The molecule has 1 heterocycles. The third-order valence-electron chi connectivity index (χ3n) is 2.20. The van der Waals surface area contributed by atoms with Crippen LogP contribution in [0.4, 0.5) is 0 Å². The summed E-state index contributed by atoms with van der Waals surface area (Å²) in [4.78, 5) is 4.45. The lowest BCUT2D eigenvalue weighted by molar-refractivity contribution is 0.0555. The molecule has 1 rings (SSSR count). The summed E-state index contributed by atoms with van der Waals surface area (Å²) in [7, 11) is 1.66. The number of halogens is 1. The molecule has 0 saturated carbocycles. The summed E-state index contributed by atoms with van der Waals surface area (Å²) >= 11 is 3.47. The van der Waals surface area contributed by atoms with E-state index in [0.717, 1.165) is 6.42 Å². The normalized spacial score (nSPS) is 15.6. The van der Waals surface area contributed by atoms with Crippen molar-refractivity contribution in [3.05, 3.63) is 11.7 Å². The first-order chi connectivity index (χ1) is 7.10. The van der Waals surface area contributed by atoms with E-state index >= 15 is 0 Å². The molecule has 0 spiro atoms. The van der Waals surface area contributed by atoms with Crippen molar-refractivity contribution >= 4 is 15.9 Å². The summed E-state index contributed by atoms with van der Waals surface area (Å²) in [5.74, 6) is 1.58. The molecule has 4 nitrogen and oxygen atoms in total. The molecule has 0 N–H and O–H groups in total. The number of rotatable bonds is 5. The fourth-order valence-corrected chi connectivity index (χ4v) is 1.53. The van der Waals surface area contributed by atoms with Gasteiger partial charge in [0.2, 0.25) is 11.7 Å². The molecular weight excluding hydrogens is 260 g/mol. The zero-order valence-electron chi connectivity index (χ0n) is 9.53. The largest absolute Gasteiger partial charge is 0.373 e. The highest BCUT2D eigenvalue weighted by Crippen LogP contribution is 2.28. The van der Waals surface area contributed by atoms with Crippen molar-refractivity contribution in [1.82, 2.24) is 10.1 Å². The molecule has 0 bridgehead atoms. The average molecular weight is 277 g/mol. The van der Waals surface area contributed by atoms with Crippen LogP contribution < -0.4 is 0 Å². The van der Waals surface area contributed by atoms with Gasteiger partial charge in [0.05, 0.1) is 4.83 Å². The lowest BCUT2D eigenvalue weighted by Crippen LogP contribution is -2.10. The third kappa shape index (κ3) is 3.01. The first-order valence-corrected chi connectivity index (χ1v) is 6.02. The van der Waals surface area contributed by atoms with E-state index in [1.807, 2.05) is 0 Å². The van der Waals surface area contributed by atoms with Gasteiger partial charge in [-0.25, -0.2) is 0 Å². The molecule has 5 heteroatoms. The van der Waals surface area contributed by atoms with Crippen molar-refractivity contribution in [2.45, 2.75) is 38.1 Å². The molecule has 0 aliphatic heterocycles. The number of ether oxygens (including phenoxy) is 1. The van der Waals surface area contributed by atoms with E-state index in [4.69, 9.17) is 9.26 Å². The molecule has 0 radical (unpaired) electrons. The molecule has 0 aliphatic rings. The number of hydrogen-bond acceptors (Lipinski definition) is 4. The fraction of sp³-hybridized carbons (Fsp3) is 0.800. The number of alkyl halides is 1. The minimum Gasteiger partial charge on any atom is -0.373 e. The van der Waals surface area contributed by atoms with Gasteiger partial charge in [-0.05, 0) is 12.3 Å². The maximum absolute atomic E-state index is 5.32. The highest BCUT2D eigenvalue weighted by molar-refractivity contribution is 9.09. The Kier molecular flexibility index (Phi) is 4.73. The van der Waals surface area contributed by atoms with Crippen LogP contribution in [0, 0.1) is 5.92 Å². The lowest BCUT2D eigenvalue weighted by atomic mass is 10.1. The number of nitrogens with zero attached hydrogens (tertiary/aromatic N) is 2. The van der Waals surface area contributed by atoms with Gasteiger partial charge in [-0.1, -0.05) is 41.9 Å². The Morgan fingerprint density at radius 3 is 2.60 bits per heavy atom. The summed E-state index contributed by atoms with van der Waals surface area (Å²) in [5, 5.41) is 3.94. The van der Waals surface area contributed by atoms with E-state index in [0.29, 0.717) is 17.6 Å². The molecule has 86 valence electrons. The maximum atomic E-state index is 5.32. The van der Waals surface area contributed by atoms with E-state index in [2.05, 4.69) is 46.8 Å². The van der Waals surface area contributed by atoms with Gasteiger partial charge in [0.25, 0.3) is 0 Å². The SMILES string of the molecule is CCC(Br)c1nc(C(OC)C(C)C)no1. The van der Waals surface area contributed by atoms with Crippen LogP contribution in [0.15, 0.2) is 4.52 Å². The predicted octanol–water partition coefficient (Wildman–Crippen LogP) is 3.26. The predicted molar refractivity (Wildman–Crippen MR) is 60.8 cm³/mol. The van der Waals surface area contributed by atoms with Crippen LogP contribution in [0.1, 0.15) is 49.8 Å². The summed E-state index contributed by atoms with van der Waals surface area (Å²) in [5.41, 5.74) is 0. The van der Waals surface area contributed by atoms with Gasteiger partial charge >= 0.3 is 0 Å². The second-order valence-corrected chi connectivity index (χ2v) is 4.87. The molecule has 1 aromatic rings. The van der Waals surface area contributed by atoms with Gasteiger partial charge in [-0.15, -0.1) is 0 Å². The summed E-state index contributed by atoms with van der Waals surface area (Å²) in [6.45, 7) is 6.19. The Morgan fingerprint density at radius 1 is 1.47 bits per heavy atom. The van der Waals surface area contributed by atoms with Crippen molar-refractivity contribution in [3.63, 3.8) is 0 Å². The van der Waals surface area contributed by atoms with E-state index < -0.39 is 0 Å². The fourth-order valence-electron chi connectivity index (χ4n) is 1.34. The van der Waals surface area contributed by atoms with Gasteiger partial charge in [-0.2, -0.15) is 4.98 Å². The highest BCUT2D eigenvalue weighted by atomic mass is 79.9. The van der Waals surface area contributed by atoms with Gasteiger partial charge in [0.1, 0.15) is 6.10 Å². The van der Waals surface area contributed by atoms with Crippen molar-refractivity contribution in [2.75, 3.05) is 7.11 Å². The minimum atomic E-state index is -0.0981. The molecule has 1 aromatic heterocycles. The quantitative estimate of drug-likeness (QED) is 0.775. The van der Waals surface area contributed by atoms with Crippen molar-refractivity contribution < 1.29 is 9.26 Å². The Labute approximate surface area is 98.5 Å². The second kappa shape index (κ2) is 5.61. The molecule has 0 amide bonds.